The van der Waals surface area contributed by atoms with E-state index in [1.807, 2.05) is 0 Å². The van der Waals surface area contributed by atoms with Crippen LogP contribution in [-0.4, -0.2) is 57.4 Å². The molecule has 1 aromatic heterocycles. The molecule has 112 valence electrons. The van der Waals surface area contributed by atoms with E-state index in [0.717, 1.165) is 4.57 Å². The van der Waals surface area contributed by atoms with Crippen LogP contribution in [0.3, 0.4) is 0 Å². The average Bonchev–Trinajstić information content (AvgIpc) is 2.74. The predicted molar refractivity (Wildman–Crippen MR) is 61.1 cm³/mol. The second kappa shape index (κ2) is 6.42. The summed E-state index contributed by atoms with van der Waals surface area (Å²) in [5.41, 5.74) is -0.200. The first kappa shape index (κ1) is 16.0. The van der Waals surface area contributed by atoms with E-state index in [9.17, 15) is 22.8 Å². The van der Waals surface area contributed by atoms with Crippen molar-refractivity contribution in [1.29, 1.82) is 0 Å². The first-order valence-electron chi connectivity index (χ1n) is 5.58. The van der Waals surface area contributed by atoms with Gasteiger partial charge in [0.2, 0.25) is 5.91 Å². The Labute approximate surface area is 112 Å². The second-order valence-electron chi connectivity index (χ2n) is 3.98. The lowest BCUT2D eigenvalue weighted by Gasteiger charge is -2.23. The molecule has 0 spiro atoms. The van der Waals surface area contributed by atoms with Gasteiger partial charge in [0.25, 0.3) is 0 Å². The van der Waals surface area contributed by atoms with Gasteiger partial charge in [-0.3, -0.25) is 4.79 Å². The molecule has 1 aromatic rings. The zero-order valence-electron chi connectivity index (χ0n) is 10.3. The summed E-state index contributed by atoms with van der Waals surface area (Å²) in [6, 6.07) is 2.60. The fourth-order valence-corrected chi connectivity index (χ4v) is 1.62. The zero-order valence-corrected chi connectivity index (χ0v) is 10.3. The highest BCUT2D eigenvalue weighted by atomic mass is 19.4. The Balaban J connectivity index is 2.80. The van der Waals surface area contributed by atoms with Crippen molar-refractivity contribution in [3.05, 3.63) is 24.0 Å². The molecule has 0 saturated carbocycles. The number of aromatic nitrogens is 1. The molecule has 0 aromatic carbocycles. The van der Waals surface area contributed by atoms with Gasteiger partial charge >= 0.3 is 12.1 Å². The number of aromatic carboxylic acids is 1. The number of hydrogen-bond acceptors (Lipinski definition) is 3. The Hall–Kier alpha value is -2.03. The van der Waals surface area contributed by atoms with Crippen molar-refractivity contribution < 1.29 is 33.0 Å². The number of halogens is 3. The lowest BCUT2D eigenvalue weighted by Crippen LogP contribution is -2.42. The van der Waals surface area contributed by atoms with Gasteiger partial charge in [-0.25, -0.2) is 4.79 Å². The number of carbonyl (C=O) groups excluding carboxylic acids is 1. The predicted octanol–water partition coefficient (Wildman–Crippen LogP) is 0.569. The highest BCUT2D eigenvalue weighted by Crippen LogP contribution is 2.16. The number of aliphatic hydroxyl groups excluding tert-OH is 1. The fraction of sp³-hybridized carbons (Fsp3) is 0.455. The van der Waals surface area contributed by atoms with Crippen molar-refractivity contribution >= 4 is 11.9 Å². The van der Waals surface area contributed by atoms with Gasteiger partial charge in [-0.1, -0.05) is 0 Å². The standard InChI is InChI=1S/C11H13F3N2O4/c12-11(13,14)7-16(4-5-17)9(18)6-15-3-1-2-8(15)10(19)20/h1-3,17H,4-7H2,(H,19,20). The molecule has 0 atom stereocenters. The minimum Gasteiger partial charge on any atom is -0.477 e. The second-order valence-corrected chi connectivity index (χ2v) is 3.98. The molecule has 2 N–H and O–H groups in total. The average molecular weight is 294 g/mol. The van der Waals surface area contributed by atoms with Crippen LogP contribution in [0, 0.1) is 0 Å². The summed E-state index contributed by atoms with van der Waals surface area (Å²) >= 11 is 0. The number of nitrogens with zero attached hydrogens (tertiary/aromatic N) is 2. The van der Waals surface area contributed by atoms with Gasteiger partial charge in [0.1, 0.15) is 18.8 Å². The van der Waals surface area contributed by atoms with Crippen LogP contribution in [0.15, 0.2) is 18.3 Å². The van der Waals surface area contributed by atoms with Crippen molar-refractivity contribution in [1.82, 2.24) is 9.47 Å². The Kier molecular flexibility index (Phi) is 5.14. The van der Waals surface area contributed by atoms with Gasteiger partial charge < -0.3 is 19.7 Å². The van der Waals surface area contributed by atoms with Crippen molar-refractivity contribution in [3.63, 3.8) is 0 Å². The van der Waals surface area contributed by atoms with Crippen LogP contribution in [-0.2, 0) is 11.3 Å². The van der Waals surface area contributed by atoms with E-state index in [2.05, 4.69) is 0 Å². The lowest BCUT2D eigenvalue weighted by molar-refractivity contribution is -0.162. The van der Waals surface area contributed by atoms with Crippen LogP contribution in [0.4, 0.5) is 13.2 Å². The number of carboxylic acids is 1. The molecule has 0 aliphatic rings. The third kappa shape index (κ3) is 4.57. The van der Waals surface area contributed by atoms with Crippen LogP contribution >= 0.6 is 0 Å². The summed E-state index contributed by atoms with van der Waals surface area (Å²) in [6.07, 6.45) is -3.30. The molecule has 6 nitrogen and oxygen atoms in total. The largest absolute Gasteiger partial charge is 0.477 e. The van der Waals surface area contributed by atoms with Crippen molar-refractivity contribution in [2.24, 2.45) is 0 Å². The molecular formula is C11H13F3N2O4. The number of carbonyl (C=O) groups is 2. The quantitative estimate of drug-likeness (QED) is 0.803. The third-order valence-corrected chi connectivity index (χ3v) is 2.45. The molecule has 0 bridgehead atoms. The molecule has 0 unspecified atom stereocenters. The molecule has 9 heteroatoms. The number of alkyl halides is 3. The van der Waals surface area contributed by atoms with Gasteiger partial charge in [0, 0.05) is 12.7 Å². The van der Waals surface area contributed by atoms with E-state index in [1.165, 1.54) is 18.3 Å². The lowest BCUT2D eigenvalue weighted by atomic mass is 10.4. The number of aliphatic hydroxyl groups is 1. The summed E-state index contributed by atoms with van der Waals surface area (Å²) in [7, 11) is 0. The van der Waals surface area contributed by atoms with E-state index in [1.54, 1.807) is 0 Å². The topological polar surface area (TPSA) is 82.8 Å². The summed E-state index contributed by atoms with van der Waals surface area (Å²) < 4.78 is 37.9. The van der Waals surface area contributed by atoms with Crippen molar-refractivity contribution in [3.8, 4) is 0 Å². The Morgan fingerprint density at radius 2 is 2.00 bits per heavy atom. The van der Waals surface area contributed by atoms with Crippen LogP contribution in [0.2, 0.25) is 0 Å². The maximum atomic E-state index is 12.3. The van der Waals surface area contributed by atoms with Crippen LogP contribution in [0.1, 0.15) is 10.5 Å². The van der Waals surface area contributed by atoms with Gasteiger partial charge in [0.15, 0.2) is 0 Å². The molecule has 0 aliphatic heterocycles. The summed E-state index contributed by atoms with van der Waals surface area (Å²) in [5, 5.41) is 17.5. The van der Waals surface area contributed by atoms with Crippen LogP contribution < -0.4 is 0 Å². The minimum absolute atomic E-state index is 0.200. The molecule has 0 radical (unpaired) electrons. The SMILES string of the molecule is O=C(O)c1cccn1CC(=O)N(CCO)CC(F)(F)F. The van der Waals surface area contributed by atoms with Crippen LogP contribution in [0.5, 0.6) is 0 Å². The molecule has 20 heavy (non-hydrogen) atoms. The molecule has 1 heterocycles. The molecular weight excluding hydrogens is 281 g/mol. The monoisotopic (exact) mass is 294 g/mol. The number of hydrogen-bond donors (Lipinski definition) is 2. The van der Waals surface area contributed by atoms with Crippen LogP contribution in [0.25, 0.3) is 0 Å². The van der Waals surface area contributed by atoms with Gasteiger partial charge in [-0.15, -0.1) is 0 Å². The van der Waals surface area contributed by atoms with Gasteiger partial charge in [-0.2, -0.15) is 13.2 Å². The number of amides is 1. The Bertz CT molecular complexity index is 484. The van der Waals surface area contributed by atoms with E-state index in [-0.39, 0.29) is 5.69 Å². The summed E-state index contributed by atoms with van der Waals surface area (Å²) in [6.45, 7) is -3.11. The zero-order chi connectivity index (χ0) is 15.3. The highest BCUT2D eigenvalue weighted by Gasteiger charge is 2.32. The first-order valence-corrected chi connectivity index (χ1v) is 5.58. The van der Waals surface area contributed by atoms with E-state index < -0.39 is 44.3 Å². The Morgan fingerprint density at radius 1 is 1.35 bits per heavy atom. The molecule has 1 rings (SSSR count). The maximum Gasteiger partial charge on any atom is 0.406 e. The maximum absolute atomic E-state index is 12.3. The number of carboxylic acid groups (broad SMARTS) is 1. The molecule has 0 aliphatic carbocycles. The first-order chi connectivity index (χ1) is 9.24. The van der Waals surface area contributed by atoms with Gasteiger partial charge in [0.05, 0.1) is 6.61 Å². The fourth-order valence-electron chi connectivity index (χ4n) is 1.62. The summed E-state index contributed by atoms with van der Waals surface area (Å²) in [5.74, 6) is -2.21. The van der Waals surface area contributed by atoms with E-state index in [0.29, 0.717) is 4.90 Å². The molecule has 0 fully saturated rings. The highest BCUT2D eigenvalue weighted by molar-refractivity contribution is 5.86. The van der Waals surface area contributed by atoms with E-state index >= 15 is 0 Å². The van der Waals surface area contributed by atoms with Crippen molar-refractivity contribution in [2.75, 3.05) is 19.7 Å². The van der Waals surface area contributed by atoms with Crippen molar-refractivity contribution in [2.45, 2.75) is 12.7 Å². The summed E-state index contributed by atoms with van der Waals surface area (Å²) in [4.78, 5) is 23.0. The Morgan fingerprint density at radius 3 is 2.50 bits per heavy atom. The van der Waals surface area contributed by atoms with Gasteiger partial charge in [-0.05, 0) is 12.1 Å². The minimum atomic E-state index is -4.59. The third-order valence-electron chi connectivity index (χ3n) is 2.45. The number of rotatable bonds is 6. The smallest absolute Gasteiger partial charge is 0.406 e. The van der Waals surface area contributed by atoms with E-state index in [4.69, 9.17) is 10.2 Å². The normalized spacial score (nSPS) is 11.4. The molecule has 0 saturated heterocycles. The molecule has 1 amide bonds.